The number of nitrogens with zero attached hydrogens (tertiary/aromatic N) is 1. The van der Waals surface area contributed by atoms with E-state index in [0.717, 1.165) is 39.0 Å². The highest BCUT2D eigenvalue weighted by Gasteiger charge is 2.46. The fourth-order valence-electron chi connectivity index (χ4n) is 5.30. The number of urea groups is 1. The van der Waals surface area contributed by atoms with Crippen LogP contribution in [0.1, 0.15) is 63.0 Å². The fraction of sp³-hybridized carbons (Fsp3) is 0.600. The summed E-state index contributed by atoms with van der Waals surface area (Å²) in [4.78, 5) is 27.6. The van der Waals surface area contributed by atoms with Gasteiger partial charge in [0.15, 0.2) is 0 Å². The molecule has 2 aliphatic carbocycles. The van der Waals surface area contributed by atoms with Crippen LogP contribution in [0.15, 0.2) is 24.3 Å². The molecule has 1 aromatic rings. The molecule has 0 aromatic heterocycles. The van der Waals surface area contributed by atoms with Crippen LogP contribution in [-0.4, -0.2) is 47.4 Å². The van der Waals surface area contributed by atoms with Crippen molar-refractivity contribution >= 4 is 11.9 Å². The monoisotopic (exact) mass is 443 g/mol. The number of hydrogen-bond acceptors (Lipinski definition) is 2. The molecule has 2 atom stereocenters. The number of halogens is 2. The maximum absolute atomic E-state index is 13.8. The maximum atomic E-state index is 13.8. The number of rotatable bonds is 5. The molecule has 5 nitrogen and oxygen atoms in total. The first-order valence-corrected chi connectivity index (χ1v) is 11.5. The number of alkyl halides is 2. The summed E-state index contributed by atoms with van der Waals surface area (Å²) in [6, 6.07) is 6.57. The minimum absolute atomic E-state index is 0.113. The van der Waals surface area contributed by atoms with Gasteiger partial charge in [-0.25, -0.2) is 13.6 Å². The van der Waals surface area contributed by atoms with Crippen molar-refractivity contribution in [3.05, 3.63) is 35.4 Å². The quantitative estimate of drug-likeness (QED) is 0.681. The molecule has 1 aliphatic heterocycles. The van der Waals surface area contributed by atoms with Gasteiger partial charge in [0.05, 0.1) is 0 Å². The first-order chi connectivity index (χ1) is 15.2. The molecule has 0 bridgehead atoms. The standard InChI is InChI=1S/C25H31F2N3O2/c1-3-25(13-14-25)29-21(31)20(16-23(2,26)27)28-22(32)30-15-7-12-24(17-30)11-6-9-18-8-4-5-10-19(18)24/h1,4-5,8,10,20H,6-7,9,11-17H2,2H3,(H,28,32)(H,29,31)/t20-,24?/m0/s1. The van der Waals surface area contributed by atoms with Crippen LogP contribution in [0.2, 0.25) is 0 Å². The summed E-state index contributed by atoms with van der Waals surface area (Å²) in [6.45, 7) is 1.82. The molecule has 2 N–H and O–H groups in total. The van der Waals surface area contributed by atoms with Gasteiger partial charge in [0.1, 0.15) is 11.6 Å². The molecule has 1 spiro atoms. The van der Waals surface area contributed by atoms with Gasteiger partial charge in [-0.2, -0.15) is 0 Å². The summed E-state index contributed by atoms with van der Waals surface area (Å²) in [5, 5.41) is 5.27. The van der Waals surface area contributed by atoms with Crippen molar-refractivity contribution in [2.24, 2.45) is 0 Å². The molecular weight excluding hydrogens is 412 g/mol. The average molecular weight is 444 g/mol. The number of likely N-dealkylation sites (tertiary alicyclic amines) is 1. The van der Waals surface area contributed by atoms with Gasteiger partial charge in [0.25, 0.3) is 0 Å². The van der Waals surface area contributed by atoms with Crippen LogP contribution in [0, 0.1) is 12.3 Å². The van der Waals surface area contributed by atoms with Crippen LogP contribution in [-0.2, 0) is 16.6 Å². The second kappa shape index (κ2) is 8.38. The zero-order valence-corrected chi connectivity index (χ0v) is 18.6. The van der Waals surface area contributed by atoms with Crippen LogP contribution in [0.25, 0.3) is 0 Å². The molecule has 1 aromatic carbocycles. The molecule has 1 unspecified atom stereocenters. The van der Waals surface area contributed by atoms with Gasteiger partial charge in [-0.05, 0) is 63.0 Å². The zero-order valence-electron chi connectivity index (χ0n) is 18.6. The van der Waals surface area contributed by atoms with Crippen LogP contribution in [0.4, 0.5) is 13.6 Å². The third-order valence-corrected chi connectivity index (χ3v) is 7.12. The highest BCUT2D eigenvalue weighted by atomic mass is 19.3. The summed E-state index contributed by atoms with van der Waals surface area (Å²) >= 11 is 0. The van der Waals surface area contributed by atoms with E-state index in [0.29, 0.717) is 25.9 Å². The Hall–Kier alpha value is -2.62. The number of hydrogen-bond donors (Lipinski definition) is 2. The molecule has 1 heterocycles. The lowest BCUT2D eigenvalue weighted by Gasteiger charge is -2.46. The van der Waals surface area contributed by atoms with E-state index in [4.69, 9.17) is 6.42 Å². The first kappa shape index (κ1) is 22.6. The summed E-state index contributed by atoms with van der Waals surface area (Å²) in [5.41, 5.74) is 1.75. The molecule has 32 heavy (non-hydrogen) atoms. The Morgan fingerprint density at radius 2 is 1.94 bits per heavy atom. The van der Waals surface area contributed by atoms with E-state index in [-0.39, 0.29) is 5.41 Å². The summed E-state index contributed by atoms with van der Waals surface area (Å²) in [5.74, 6) is -1.23. The SMILES string of the molecule is C#CC1(NC(=O)[C@H](CC(C)(F)F)NC(=O)N2CCCC3(CCCc4ccccc43)C2)CC1. The topological polar surface area (TPSA) is 61.4 Å². The van der Waals surface area contributed by atoms with Crippen LogP contribution in [0.3, 0.4) is 0 Å². The number of carbonyl (C=O) groups excluding carboxylic acids is 2. The Kier molecular flexibility index (Phi) is 5.91. The number of aryl methyl sites for hydroxylation is 1. The van der Waals surface area contributed by atoms with Crippen LogP contribution in [0.5, 0.6) is 0 Å². The Morgan fingerprint density at radius 3 is 2.62 bits per heavy atom. The third kappa shape index (κ3) is 4.74. The predicted molar refractivity (Wildman–Crippen MR) is 118 cm³/mol. The van der Waals surface area contributed by atoms with E-state index in [2.05, 4.69) is 28.7 Å². The normalized spacial score (nSPS) is 24.8. The predicted octanol–water partition coefficient (Wildman–Crippen LogP) is 3.76. The van der Waals surface area contributed by atoms with Gasteiger partial charge in [-0.1, -0.05) is 30.2 Å². The highest BCUT2D eigenvalue weighted by molar-refractivity contribution is 5.88. The third-order valence-electron chi connectivity index (χ3n) is 7.12. The molecule has 3 aliphatic rings. The smallest absolute Gasteiger partial charge is 0.318 e. The first-order valence-electron chi connectivity index (χ1n) is 11.5. The number of amides is 3. The molecule has 1 saturated carbocycles. The molecular formula is C25H31F2N3O2. The van der Waals surface area contributed by atoms with Crippen molar-refractivity contribution in [3.63, 3.8) is 0 Å². The fourth-order valence-corrected chi connectivity index (χ4v) is 5.30. The molecule has 2 fully saturated rings. The summed E-state index contributed by atoms with van der Waals surface area (Å²) in [6.07, 6.45) is 10.9. The lowest BCUT2D eigenvalue weighted by Crippen LogP contribution is -2.58. The molecule has 4 rings (SSSR count). The lowest BCUT2D eigenvalue weighted by atomic mass is 9.66. The Balaban J connectivity index is 1.48. The number of nitrogens with one attached hydrogen (secondary N) is 2. The Labute approximate surface area is 188 Å². The van der Waals surface area contributed by atoms with Gasteiger partial charge in [-0.3, -0.25) is 4.79 Å². The largest absolute Gasteiger partial charge is 0.338 e. The summed E-state index contributed by atoms with van der Waals surface area (Å²) in [7, 11) is 0. The van der Waals surface area contributed by atoms with Crippen molar-refractivity contribution in [1.29, 1.82) is 0 Å². The van der Waals surface area contributed by atoms with E-state index in [1.807, 2.05) is 12.1 Å². The Bertz CT molecular complexity index is 932. The van der Waals surface area contributed by atoms with Crippen molar-refractivity contribution in [3.8, 4) is 12.3 Å². The summed E-state index contributed by atoms with van der Waals surface area (Å²) < 4.78 is 27.6. The van der Waals surface area contributed by atoms with E-state index >= 15 is 0 Å². The second-order valence-electron chi connectivity index (χ2n) is 9.81. The number of piperidine rings is 1. The molecule has 0 radical (unpaired) electrons. The minimum Gasteiger partial charge on any atom is -0.338 e. The minimum atomic E-state index is -3.10. The van der Waals surface area contributed by atoms with E-state index in [9.17, 15) is 18.4 Å². The van der Waals surface area contributed by atoms with Crippen molar-refractivity contribution in [2.75, 3.05) is 13.1 Å². The van der Waals surface area contributed by atoms with E-state index < -0.39 is 35.9 Å². The van der Waals surface area contributed by atoms with Gasteiger partial charge in [0, 0.05) is 24.9 Å². The van der Waals surface area contributed by atoms with Crippen molar-refractivity contribution < 1.29 is 18.4 Å². The van der Waals surface area contributed by atoms with Gasteiger partial charge in [-0.15, -0.1) is 6.42 Å². The Morgan fingerprint density at radius 1 is 1.22 bits per heavy atom. The van der Waals surface area contributed by atoms with Gasteiger partial charge >= 0.3 is 6.03 Å². The maximum Gasteiger partial charge on any atom is 0.318 e. The van der Waals surface area contributed by atoms with Crippen LogP contribution < -0.4 is 10.6 Å². The van der Waals surface area contributed by atoms with Crippen LogP contribution >= 0.6 is 0 Å². The number of benzene rings is 1. The lowest BCUT2D eigenvalue weighted by molar-refractivity contribution is -0.126. The molecule has 3 amide bonds. The zero-order chi connectivity index (χ0) is 23.0. The molecule has 1 saturated heterocycles. The molecule has 172 valence electrons. The number of terminal acetylenes is 1. The van der Waals surface area contributed by atoms with E-state index in [1.165, 1.54) is 11.1 Å². The highest BCUT2D eigenvalue weighted by Crippen LogP contribution is 2.43. The number of carbonyl (C=O) groups is 2. The second-order valence-corrected chi connectivity index (χ2v) is 9.81. The average Bonchev–Trinajstić information content (AvgIpc) is 3.53. The van der Waals surface area contributed by atoms with Crippen molar-refractivity contribution in [2.45, 2.75) is 81.2 Å². The van der Waals surface area contributed by atoms with Crippen molar-refractivity contribution in [1.82, 2.24) is 15.5 Å². The molecule has 7 heteroatoms. The number of fused-ring (bicyclic) bond motifs is 2. The van der Waals surface area contributed by atoms with E-state index in [1.54, 1.807) is 4.90 Å². The van der Waals surface area contributed by atoms with Gasteiger partial charge < -0.3 is 15.5 Å². The van der Waals surface area contributed by atoms with Gasteiger partial charge in [0.2, 0.25) is 11.8 Å².